The number of esters is 2. The number of hydrogen-bond acceptors (Lipinski definition) is 4. The zero-order valence-corrected chi connectivity index (χ0v) is 15.7. The third-order valence-electron chi connectivity index (χ3n) is 4.84. The highest BCUT2D eigenvalue weighted by Crippen LogP contribution is 2.32. The molecular weight excluding hydrogens is 352 g/mol. The quantitative estimate of drug-likeness (QED) is 0.747. The summed E-state index contributed by atoms with van der Waals surface area (Å²) in [6.07, 6.45) is 4.03. The lowest BCUT2D eigenvalue weighted by Crippen LogP contribution is -2.19. The van der Waals surface area contributed by atoms with Crippen molar-refractivity contribution in [3.63, 3.8) is 0 Å². The Balaban J connectivity index is 2.18. The van der Waals surface area contributed by atoms with E-state index >= 15 is 0 Å². The number of carbonyl (C=O) groups is 2. The van der Waals surface area contributed by atoms with Gasteiger partial charge in [-0.1, -0.05) is 23.7 Å². The monoisotopic (exact) mass is 372 g/mol. The third kappa shape index (κ3) is 3.61. The highest BCUT2D eigenvalue weighted by Gasteiger charge is 2.27. The minimum atomic E-state index is -0.364. The van der Waals surface area contributed by atoms with Crippen molar-refractivity contribution in [3.8, 4) is 0 Å². The van der Waals surface area contributed by atoms with E-state index in [4.69, 9.17) is 21.1 Å². The second kappa shape index (κ2) is 7.92. The first-order valence-corrected chi connectivity index (χ1v) is 9.01. The zero-order chi connectivity index (χ0) is 18.7. The van der Waals surface area contributed by atoms with Gasteiger partial charge in [0.1, 0.15) is 0 Å². The molecule has 3 rings (SSSR count). The predicted octanol–water partition coefficient (Wildman–Crippen LogP) is 4.38. The highest BCUT2D eigenvalue weighted by atomic mass is 35.5. The van der Waals surface area contributed by atoms with E-state index in [0.29, 0.717) is 22.6 Å². The van der Waals surface area contributed by atoms with Crippen LogP contribution in [0.25, 0.3) is 0 Å². The minimum absolute atomic E-state index is 0.358. The first kappa shape index (κ1) is 18.5. The third-order valence-corrected chi connectivity index (χ3v) is 5.09. The van der Waals surface area contributed by atoms with Crippen molar-refractivity contribution < 1.29 is 19.1 Å². The van der Waals surface area contributed by atoms with Crippen molar-refractivity contribution >= 4 is 23.5 Å². The summed E-state index contributed by atoms with van der Waals surface area (Å²) in [5.41, 5.74) is 4.77. The second-order valence-corrected chi connectivity index (χ2v) is 6.85. The zero-order valence-electron chi connectivity index (χ0n) is 14.9. The van der Waals surface area contributed by atoms with Crippen LogP contribution in [-0.4, -0.2) is 26.2 Å². The van der Waals surface area contributed by atoms with Crippen molar-refractivity contribution in [1.82, 2.24) is 0 Å². The molecule has 0 saturated carbocycles. The maximum atomic E-state index is 12.5. The molecule has 5 heteroatoms. The Morgan fingerprint density at radius 1 is 0.962 bits per heavy atom. The molecule has 2 aromatic carbocycles. The lowest BCUT2D eigenvalue weighted by molar-refractivity contribution is 0.0583. The molecule has 0 aliphatic heterocycles. The van der Waals surface area contributed by atoms with E-state index < -0.39 is 0 Å². The standard InChI is InChI=1S/C21H21ClO4/c1-25-20(23)18-12-14(11-13-7-9-15(22)10-8-13)19(21(24)26-2)17-6-4-3-5-16(17)18/h7-10,12H,3-6,11H2,1-2H3. The van der Waals surface area contributed by atoms with Crippen molar-refractivity contribution in [2.75, 3.05) is 14.2 Å². The van der Waals surface area contributed by atoms with E-state index in [0.717, 1.165) is 47.9 Å². The Labute approximate surface area is 158 Å². The lowest BCUT2D eigenvalue weighted by atomic mass is 9.81. The van der Waals surface area contributed by atoms with Gasteiger partial charge in [-0.25, -0.2) is 9.59 Å². The van der Waals surface area contributed by atoms with E-state index in [1.165, 1.54) is 14.2 Å². The average molecular weight is 373 g/mol. The van der Waals surface area contributed by atoms with Gasteiger partial charge < -0.3 is 9.47 Å². The number of ether oxygens (including phenoxy) is 2. The van der Waals surface area contributed by atoms with Crippen LogP contribution in [0.2, 0.25) is 5.02 Å². The fourth-order valence-electron chi connectivity index (χ4n) is 3.62. The number of benzene rings is 2. The van der Waals surface area contributed by atoms with E-state index in [9.17, 15) is 9.59 Å². The van der Waals surface area contributed by atoms with Crippen LogP contribution in [0.4, 0.5) is 0 Å². The van der Waals surface area contributed by atoms with E-state index in [2.05, 4.69) is 0 Å². The number of halogens is 1. The first-order chi connectivity index (χ1) is 12.5. The van der Waals surface area contributed by atoms with Gasteiger partial charge in [0.05, 0.1) is 25.3 Å². The molecule has 0 N–H and O–H groups in total. The van der Waals surface area contributed by atoms with Gasteiger partial charge in [-0.3, -0.25) is 0 Å². The summed E-state index contributed by atoms with van der Waals surface area (Å²) in [7, 11) is 2.77. The molecule has 2 aromatic rings. The van der Waals surface area contributed by atoms with Crippen LogP contribution < -0.4 is 0 Å². The molecule has 1 aliphatic carbocycles. The molecule has 0 saturated heterocycles. The SMILES string of the molecule is COC(=O)c1cc(Cc2ccc(Cl)cc2)c(C(=O)OC)c2c1CCCC2. The summed E-state index contributed by atoms with van der Waals surface area (Å²) in [5.74, 6) is -0.722. The van der Waals surface area contributed by atoms with Gasteiger partial charge in [0, 0.05) is 5.02 Å². The molecule has 0 heterocycles. The molecule has 26 heavy (non-hydrogen) atoms. The molecule has 0 aromatic heterocycles. The van der Waals surface area contributed by atoms with Crippen LogP contribution in [-0.2, 0) is 28.7 Å². The fourth-order valence-corrected chi connectivity index (χ4v) is 3.74. The van der Waals surface area contributed by atoms with Crippen LogP contribution in [0, 0.1) is 0 Å². The molecule has 0 spiro atoms. The second-order valence-electron chi connectivity index (χ2n) is 6.41. The summed E-state index contributed by atoms with van der Waals surface area (Å²) >= 11 is 5.96. The molecule has 1 aliphatic rings. The van der Waals surface area contributed by atoms with Crippen LogP contribution in [0.3, 0.4) is 0 Å². The summed E-state index contributed by atoms with van der Waals surface area (Å²) in [6, 6.07) is 9.25. The van der Waals surface area contributed by atoms with Crippen LogP contribution in [0.1, 0.15) is 55.8 Å². The Morgan fingerprint density at radius 2 is 1.58 bits per heavy atom. The normalized spacial score (nSPS) is 13.0. The summed E-state index contributed by atoms with van der Waals surface area (Å²) in [5, 5.41) is 0.655. The van der Waals surface area contributed by atoms with E-state index in [-0.39, 0.29) is 11.9 Å². The van der Waals surface area contributed by atoms with Gasteiger partial charge in [0.2, 0.25) is 0 Å². The van der Waals surface area contributed by atoms with Gasteiger partial charge in [0.25, 0.3) is 0 Å². The van der Waals surface area contributed by atoms with Gasteiger partial charge in [-0.2, -0.15) is 0 Å². The van der Waals surface area contributed by atoms with Gasteiger partial charge in [0.15, 0.2) is 0 Å². The average Bonchev–Trinajstić information content (AvgIpc) is 2.67. The minimum Gasteiger partial charge on any atom is -0.465 e. The summed E-state index contributed by atoms with van der Waals surface area (Å²) in [6.45, 7) is 0. The Morgan fingerprint density at radius 3 is 2.19 bits per heavy atom. The Hall–Kier alpha value is -2.33. The highest BCUT2D eigenvalue weighted by molar-refractivity contribution is 6.30. The summed E-state index contributed by atoms with van der Waals surface area (Å²) < 4.78 is 10.0. The number of carbonyl (C=O) groups excluding carboxylic acids is 2. The van der Waals surface area contributed by atoms with Gasteiger partial charge in [-0.05, 0) is 72.6 Å². The lowest BCUT2D eigenvalue weighted by Gasteiger charge is -2.24. The van der Waals surface area contributed by atoms with Gasteiger partial charge in [-0.15, -0.1) is 0 Å². The molecule has 136 valence electrons. The maximum Gasteiger partial charge on any atom is 0.338 e. The Kier molecular flexibility index (Phi) is 5.62. The number of methoxy groups -OCH3 is 2. The Bertz CT molecular complexity index is 840. The van der Waals surface area contributed by atoms with Crippen molar-refractivity contribution in [1.29, 1.82) is 0 Å². The van der Waals surface area contributed by atoms with E-state index in [1.807, 2.05) is 24.3 Å². The predicted molar refractivity (Wildman–Crippen MR) is 100 cm³/mol. The largest absolute Gasteiger partial charge is 0.465 e. The molecular formula is C21H21ClO4. The molecule has 0 bridgehead atoms. The smallest absolute Gasteiger partial charge is 0.338 e. The summed E-state index contributed by atoms with van der Waals surface area (Å²) in [4.78, 5) is 24.9. The molecule has 0 radical (unpaired) electrons. The molecule has 0 fully saturated rings. The van der Waals surface area contributed by atoms with Crippen molar-refractivity contribution in [2.24, 2.45) is 0 Å². The molecule has 4 nitrogen and oxygen atoms in total. The maximum absolute atomic E-state index is 12.5. The van der Waals surface area contributed by atoms with Crippen molar-refractivity contribution in [3.05, 3.63) is 68.7 Å². The van der Waals surface area contributed by atoms with Crippen LogP contribution >= 0.6 is 11.6 Å². The number of rotatable bonds is 4. The van der Waals surface area contributed by atoms with Gasteiger partial charge >= 0.3 is 11.9 Å². The van der Waals surface area contributed by atoms with Crippen LogP contribution in [0.5, 0.6) is 0 Å². The molecule has 0 unspecified atom stereocenters. The van der Waals surface area contributed by atoms with Crippen molar-refractivity contribution in [2.45, 2.75) is 32.1 Å². The molecule has 0 amide bonds. The number of hydrogen-bond donors (Lipinski definition) is 0. The first-order valence-electron chi connectivity index (χ1n) is 8.63. The topological polar surface area (TPSA) is 52.6 Å². The fraction of sp³-hybridized carbons (Fsp3) is 0.333. The molecule has 0 atom stereocenters. The number of fused-ring (bicyclic) bond motifs is 1. The van der Waals surface area contributed by atoms with E-state index in [1.54, 1.807) is 6.07 Å². The van der Waals surface area contributed by atoms with Crippen LogP contribution in [0.15, 0.2) is 30.3 Å².